The van der Waals surface area contributed by atoms with E-state index in [9.17, 15) is 0 Å². The summed E-state index contributed by atoms with van der Waals surface area (Å²) in [5, 5.41) is 3.60. The molecule has 0 saturated carbocycles. The largest absolute Gasteiger partial charge is 0.311 e. The molecule has 2 heterocycles. The molecule has 3 rings (SSSR count). The fourth-order valence-electron chi connectivity index (χ4n) is 4.00. The lowest BCUT2D eigenvalue weighted by molar-refractivity contribution is 0.189. The van der Waals surface area contributed by atoms with Crippen molar-refractivity contribution in [1.29, 1.82) is 0 Å². The van der Waals surface area contributed by atoms with Gasteiger partial charge in [-0.05, 0) is 49.4 Å². The van der Waals surface area contributed by atoms with E-state index in [-0.39, 0.29) is 0 Å². The van der Waals surface area contributed by atoms with Gasteiger partial charge in [0.15, 0.2) is 0 Å². The Bertz CT molecular complexity index is 429. The topological polar surface area (TPSA) is 15.3 Å². The van der Waals surface area contributed by atoms with Gasteiger partial charge in [0, 0.05) is 19.1 Å². The van der Waals surface area contributed by atoms with Gasteiger partial charge in [0.25, 0.3) is 0 Å². The van der Waals surface area contributed by atoms with Gasteiger partial charge in [-0.2, -0.15) is 0 Å². The Hall–Kier alpha value is -0.860. The quantitative estimate of drug-likeness (QED) is 0.902. The zero-order valence-electron chi connectivity index (χ0n) is 12.8. The first-order valence-corrected chi connectivity index (χ1v) is 8.41. The van der Waals surface area contributed by atoms with E-state index in [2.05, 4.69) is 41.4 Å². The third-order valence-corrected chi connectivity index (χ3v) is 5.09. The van der Waals surface area contributed by atoms with Crippen LogP contribution >= 0.6 is 0 Å². The maximum atomic E-state index is 3.60. The van der Waals surface area contributed by atoms with Crippen LogP contribution in [0.4, 0.5) is 0 Å². The molecule has 0 spiro atoms. The Balaban J connectivity index is 1.71. The molecule has 1 N–H and O–H groups in total. The summed E-state index contributed by atoms with van der Waals surface area (Å²) in [5.41, 5.74) is 3.07. The Morgan fingerprint density at radius 1 is 1.20 bits per heavy atom. The Labute approximate surface area is 123 Å². The van der Waals surface area contributed by atoms with Crippen molar-refractivity contribution >= 4 is 0 Å². The standard InChI is InChI=1S/C18H28N2/c1-2-6-15-7-5-11-20(12-10-15)18-14-19-13-16-8-3-4-9-17(16)18/h3-4,8-9,15,18-19H,2,5-7,10-14H2,1H3. The van der Waals surface area contributed by atoms with Crippen molar-refractivity contribution in [3.8, 4) is 0 Å². The van der Waals surface area contributed by atoms with Gasteiger partial charge in [-0.15, -0.1) is 0 Å². The highest BCUT2D eigenvalue weighted by Gasteiger charge is 2.27. The lowest BCUT2D eigenvalue weighted by Crippen LogP contribution is -2.40. The minimum Gasteiger partial charge on any atom is -0.311 e. The molecule has 2 nitrogen and oxygen atoms in total. The number of hydrogen-bond donors (Lipinski definition) is 1. The van der Waals surface area contributed by atoms with Crippen LogP contribution in [0.5, 0.6) is 0 Å². The number of hydrogen-bond acceptors (Lipinski definition) is 2. The van der Waals surface area contributed by atoms with Crippen molar-refractivity contribution < 1.29 is 0 Å². The summed E-state index contributed by atoms with van der Waals surface area (Å²) in [4.78, 5) is 2.74. The Morgan fingerprint density at radius 3 is 3.00 bits per heavy atom. The van der Waals surface area contributed by atoms with Gasteiger partial charge in [0.05, 0.1) is 0 Å². The summed E-state index contributed by atoms with van der Waals surface area (Å²) >= 11 is 0. The predicted molar refractivity (Wildman–Crippen MR) is 84.7 cm³/mol. The van der Waals surface area contributed by atoms with Crippen LogP contribution in [0.3, 0.4) is 0 Å². The molecular formula is C18H28N2. The summed E-state index contributed by atoms with van der Waals surface area (Å²) in [6.45, 7) is 7.05. The Morgan fingerprint density at radius 2 is 2.10 bits per heavy atom. The van der Waals surface area contributed by atoms with E-state index in [1.54, 1.807) is 5.56 Å². The van der Waals surface area contributed by atoms with Crippen molar-refractivity contribution in [3.05, 3.63) is 35.4 Å². The summed E-state index contributed by atoms with van der Waals surface area (Å²) in [7, 11) is 0. The molecule has 1 aromatic rings. The van der Waals surface area contributed by atoms with Crippen molar-refractivity contribution in [3.63, 3.8) is 0 Å². The molecule has 0 aromatic heterocycles. The number of nitrogens with one attached hydrogen (secondary N) is 1. The number of likely N-dealkylation sites (tertiary alicyclic amines) is 1. The first-order chi connectivity index (χ1) is 9.88. The van der Waals surface area contributed by atoms with Crippen LogP contribution in [0.1, 0.15) is 56.2 Å². The fourth-order valence-corrected chi connectivity index (χ4v) is 4.00. The molecule has 2 aliphatic heterocycles. The molecule has 1 aromatic carbocycles. The predicted octanol–water partition coefficient (Wildman–Crippen LogP) is 3.73. The minimum atomic E-state index is 0.598. The summed E-state index contributed by atoms with van der Waals surface area (Å²) in [6, 6.07) is 9.60. The average Bonchev–Trinajstić information content (AvgIpc) is 2.73. The molecular weight excluding hydrogens is 244 g/mol. The fraction of sp³-hybridized carbons (Fsp3) is 0.667. The zero-order chi connectivity index (χ0) is 13.8. The average molecular weight is 272 g/mol. The second-order valence-electron chi connectivity index (χ2n) is 6.47. The van der Waals surface area contributed by atoms with Crippen molar-refractivity contribution in [1.82, 2.24) is 10.2 Å². The molecule has 1 fully saturated rings. The SMILES string of the molecule is CCCC1CCCN(C2CNCc3ccccc32)CC1. The first kappa shape index (κ1) is 14.1. The minimum absolute atomic E-state index is 0.598. The Kier molecular flexibility index (Phi) is 4.74. The maximum Gasteiger partial charge on any atom is 0.0476 e. The highest BCUT2D eigenvalue weighted by atomic mass is 15.2. The van der Waals surface area contributed by atoms with Crippen LogP contribution in [0.25, 0.3) is 0 Å². The smallest absolute Gasteiger partial charge is 0.0476 e. The van der Waals surface area contributed by atoms with Gasteiger partial charge in [0.2, 0.25) is 0 Å². The van der Waals surface area contributed by atoms with E-state index in [0.717, 1.165) is 19.0 Å². The third kappa shape index (κ3) is 3.07. The van der Waals surface area contributed by atoms with E-state index in [0.29, 0.717) is 6.04 Å². The molecule has 2 aliphatic rings. The highest BCUT2D eigenvalue weighted by Crippen LogP contribution is 2.31. The molecule has 20 heavy (non-hydrogen) atoms. The van der Waals surface area contributed by atoms with Gasteiger partial charge < -0.3 is 5.32 Å². The lowest BCUT2D eigenvalue weighted by Gasteiger charge is -2.35. The van der Waals surface area contributed by atoms with E-state index in [4.69, 9.17) is 0 Å². The number of nitrogens with zero attached hydrogens (tertiary/aromatic N) is 1. The maximum absolute atomic E-state index is 3.60. The van der Waals surface area contributed by atoms with Gasteiger partial charge >= 0.3 is 0 Å². The molecule has 0 amide bonds. The molecule has 2 atom stereocenters. The number of benzene rings is 1. The van der Waals surface area contributed by atoms with Crippen LogP contribution in [0, 0.1) is 5.92 Å². The number of rotatable bonds is 3. The third-order valence-electron chi connectivity index (χ3n) is 5.09. The van der Waals surface area contributed by atoms with Crippen LogP contribution < -0.4 is 5.32 Å². The van der Waals surface area contributed by atoms with Crippen LogP contribution in [-0.2, 0) is 6.54 Å². The molecule has 0 aliphatic carbocycles. The van der Waals surface area contributed by atoms with Crippen LogP contribution in [0.2, 0.25) is 0 Å². The van der Waals surface area contributed by atoms with Crippen molar-refractivity contribution in [2.75, 3.05) is 19.6 Å². The zero-order valence-corrected chi connectivity index (χ0v) is 12.8. The van der Waals surface area contributed by atoms with Crippen LogP contribution in [0.15, 0.2) is 24.3 Å². The van der Waals surface area contributed by atoms with Crippen molar-refractivity contribution in [2.45, 2.75) is 51.6 Å². The number of fused-ring (bicyclic) bond motifs is 1. The summed E-state index contributed by atoms with van der Waals surface area (Å²) in [6.07, 6.45) is 6.98. The highest BCUT2D eigenvalue weighted by molar-refractivity contribution is 5.32. The van der Waals surface area contributed by atoms with Crippen molar-refractivity contribution in [2.24, 2.45) is 5.92 Å². The first-order valence-electron chi connectivity index (χ1n) is 8.41. The molecule has 2 heteroatoms. The molecule has 110 valence electrons. The van der Waals surface area contributed by atoms with E-state index < -0.39 is 0 Å². The summed E-state index contributed by atoms with van der Waals surface area (Å²) < 4.78 is 0. The molecule has 0 bridgehead atoms. The van der Waals surface area contributed by atoms with E-state index in [1.165, 1.54) is 50.8 Å². The summed E-state index contributed by atoms with van der Waals surface area (Å²) in [5.74, 6) is 0.969. The van der Waals surface area contributed by atoms with Crippen LogP contribution in [-0.4, -0.2) is 24.5 Å². The second kappa shape index (κ2) is 6.73. The lowest BCUT2D eigenvalue weighted by atomic mass is 9.95. The molecule has 1 saturated heterocycles. The van der Waals surface area contributed by atoms with E-state index in [1.807, 2.05) is 0 Å². The van der Waals surface area contributed by atoms with Gasteiger partial charge in [-0.1, -0.05) is 44.0 Å². The van der Waals surface area contributed by atoms with Gasteiger partial charge in [-0.3, -0.25) is 4.90 Å². The monoisotopic (exact) mass is 272 g/mol. The molecule has 0 radical (unpaired) electrons. The second-order valence-corrected chi connectivity index (χ2v) is 6.47. The van der Waals surface area contributed by atoms with Gasteiger partial charge in [-0.25, -0.2) is 0 Å². The molecule has 2 unspecified atom stereocenters. The van der Waals surface area contributed by atoms with E-state index >= 15 is 0 Å². The normalized spacial score (nSPS) is 27.9. The van der Waals surface area contributed by atoms with Gasteiger partial charge in [0.1, 0.15) is 0 Å².